The van der Waals surface area contributed by atoms with Crippen LogP contribution in [0.15, 0.2) is 24.7 Å². The van der Waals surface area contributed by atoms with Gasteiger partial charge in [0.2, 0.25) is 15.9 Å². The molecule has 0 saturated heterocycles. The summed E-state index contributed by atoms with van der Waals surface area (Å²) in [4.78, 5) is 4.26. The van der Waals surface area contributed by atoms with Gasteiger partial charge in [0.1, 0.15) is 4.21 Å². The summed E-state index contributed by atoms with van der Waals surface area (Å²) in [7, 11) is -3.48. The van der Waals surface area contributed by atoms with Crippen LogP contribution in [0.4, 0.5) is 0 Å². The van der Waals surface area contributed by atoms with Crippen molar-refractivity contribution < 1.29 is 12.9 Å². The summed E-state index contributed by atoms with van der Waals surface area (Å²) in [5, 5.41) is 3.85. The first-order valence-corrected chi connectivity index (χ1v) is 9.36. The number of hydrogen-bond acceptors (Lipinski definition) is 6. The largest absolute Gasteiger partial charge is 0.339 e. The summed E-state index contributed by atoms with van der Waals surface area (Å²) in [6.07, 6.45) is 0.380. The van der Waals surface area contributed by atoms with Gasteiger partial charge in [-0.1, -0.05) is 25.9 Å². The van der Waals surface area contributed by atoms with Crippen molar-refractivity contribution in [1.29, 1.82) is 0 Å². The lowest BCUT2D eigenvalue weighted by atomic mass is 9.97. The standard InChI is InChI=1S/C12H16BrN3O3S2/c1-12(2,3)11-15-9(16-19-11)6-7-14-21(17,18)10-5-4-8(13)20-10/h4-5,14H,6-7H2,1-3H3. The monoisotopic (exact) mass is 393 g/mol. The highest BCUT2D eigenvalue weighted by Gasteiger charge is 2.22. The second-order valence-electron chi connectivity index (χ2n) is 5.47. The number of sulfonamides is 1. The van der Waals surface area contributed by atoms with Crippen molar-refractivity contribution in [3.05, 3.63) is 27.6 Å². The molecule has 21 heavy (non-hydrogen) atoms. The minimum Gasteiger partial charge on any atom is -0.339 e. The molecule has 0 saturated carbocycles. The third-order valence-corrected chi connectivity index (χ3v) is 6.14. The first kappa shape index (κ1) is 16.6. The van der Waals surface area contributed by atoms with Crippen molar-refractivity contribution in [1.82, 2.24) is 14.9 Å². The van der Waals surface area contributed by atoms with Crippen LogP contribution in [0.25, 0.3) is 0 Å². The SMILES string of the molecule is CC(C)(C)c1nc(CCNS(=O)(=O)c2ccc(Br)s2)no1. The zero-order valence-corrected chi connectivity index (χ0v) is 15.1. The summed E-state index contributed by atoms with van der Waals surface area (Å²) in [6, 6.07) is 3.26. The van der Waals surface area contributed by atoms with Crippen molar-refractivity contribution in [2.24, 2.45) is 0 Å². The van der Waals surface area contributed by atoms with Gasteiger partial charge in [-0.15, -0.1) is 11.3 Å². The van der Waals surface area contributed by atoms with Gasteiger partial charge in [-0.25, -0.2) is 13.1 Å². The molecule has 0 aliphatic heterocycles. The Labute approximate surface area is 136 Å². The molecule has 0 amide bonds. The Morgan fingerprint density at radius 3 is 2.62 bits per heavy atom. The highest BCUT2D eigenvalue weighted by molar-refractivity contribution is 9.11. The van der Waals surface area contributed by atoms with Crippen LogP contribution in [-0.4, -0.2) is 25.1 Å². The van der Waals surface area contributed by atoms with E-state index in [1.54, 1.807) is 12.1 Å². The number of hydrogen-bond donors (Lipinski definition) is 1. The third-order valence-electron chi connectivity index (χ3n) is 2.56. The Kier molecular flexibility index (Phi) is 4.86. The lowest BCUT2D eigenvalue weighted by Gasteiger charge is -2.10. The maximum atomic E-state index is 12.0. The number of thiophene rings is 1. The van der Waals surface area contributed by atoms with E-state index in [1.165, 1.54) is 0 Å². The molecule has 116 valence electrons. The Balaban J connectivity index is 1.94. The van der Waals surface area contributed by atoms with E-state index in [2.05, 4.69) is 30.8 Å². The van der Waals surface area contributed by atoms with E-state index < -0.39 is 10.0 Å². The molecule has 0 fully saturated rings. The number of nitrogens with zero attached hydrogens (tertiary/aromatic N) is 2. The van der Waals surface area contributed by atoms with Crippen molar-refractivity contribution in [2.75, 3.05) is 6.54 Å². The maximum Gasteiger partial charge on any atom is 0.250 e. The Hall–Kier alpha value is -0.770. The van der Waals surface area contributed by atoms with Gasteiger partial charge < -0.3 is 4.52 Å². The predicted octanol–water partition coefficient (Wildman–Crippen LogP) is 2.71. The van der Waals surface area contributed by atoms with Crippen LogP contribution in [0, 0.1) is 0 Å². The van der Waals surface area contributed by atoms with E-state index in [0.717, 1.165) is 15.1 Å². The number of aromatic nitrogens is 2. The van der Waals surface area contributed by atoms with Crippen LogP contribution >= 0.6 is 27.3 Å². The molecule has 6 nitrogen and oxygen atoms in total. The minimum absolute atomic E-state index is 0.214. The fourth-order valence-electron chi connectivity index (χ4n) is 1.47. The summed E-state index contributed by atoms with van der Waals surface area (Å²) < 4.78 is 32.8. The number of nitrogens with one attached hydrogen (secondary N) is 1. The van der Waals surface area contributed by atoms with E-state index in [1.807, 2.05) is 20.8 Å². The second kappa shape index (κ2) is 6.15. The first-order chi connectivity index (χ1) is 9.68. The average molecular weight is 394 g/mol. The van der Waals surface area contributed by atoms with E-state index in [9.17, 15) is 8.42 Å². The van der Waals surface area contributed by atoms with E-state index in [0.29, 0.717) is 18.1 Å². The van der Waals surface area contributed by atoms with Crippen LogP contribution in [0.3, 0.4) is 0 Å². The molecule has 0 aliphatic rings. The van der Waals surface area contributed by atoms with Gasteiger partial charge >= 0.3 is 0 Å². The van der Waals surface area contributed by atoms with Gasteiger partial charge in [-0.2, -0.15) is 4.98 Å². The zero-order valence-electron chi connectivity index (χ0n) is 11.9. The molecular formula is C12H16BrN3O3S2. The number of rotatable bonds is 5. The molecule has 1 N–H and O–H groups in total. The minimum atomic E-state index is -3.48. The summed E-state index contributed by atoms with van der Waals surface area (Å²) in [6.45, 7) is 6.14. The van der Waals surface area contributed by atoms with E-state index >= 15 is 0 Å². The molecule has 0 aromatic carbocycles. The first-order valence-electron chi connectivity index (χ1n) is 6.26. The van der Waals surface area contributed by atoms with Gasteiger partial charge in [0.05, 0.1) is 3.79 Å². The third kappa shape index (κ3) is 4.35. The van der Waals surface area contributed by atoms with Crippen LogP contribution in [-0.2, 0) is 21.9 Å². The Morgan fingerprint density at radius 1 is 1.38 bits per heavy atom. The lowest BCUT2D eigenvalue weighted by Crippen LogP contribution is -2.25. The molecule has 0 unspecified atom stereocenters. The predicted molar refractivity (Wildman–Crippen MR) is 83.9 cm³/mol. The van der Waals surface area contributed by atoms with Gasteiger partial charge in [-0.3, -0.25) is 0 Å². The Bertz CT molecular complexity index is 716. The zero-order chi connectivity index (χ0) is 15.7. The van der Waals surface area contributed by atoms with Crippen molar-refractivity contribution in [3.8, 4) is 0 Å². The summed E-state index contributed by atoms with van der Waals surface area (Å²) in [5.41, 5.74) is -0.214. The summed E-state index contributed by atoms with van der Waals surface area (Å²) in [5.74, 6) is 1.04. The molecule has 2 heterocycles. The molecule has 0 radical (unpaired) electrons. The van der Waals surface area contributed by atoms with Crippen molar-refractivity contribution in [3.63, 3.8) is 0 Å². The van der Waals surface area contributed by atoms with Gasteiger partial charge in [0, 0.05) is 18.4 Å². The number of halogens is 1. The second-order valence-corrected chi connectivity index (χ2v) is 9.93. The lowest BCUT2D eigenvalue weighted by molar-refractivity contribution is 0.318. The molecule has 2 aromatic rings. The smallest absolute Gasteiger partial charge is 0.250 e. The maximum absolute atomic E-state index is 12.0. The summed E-state index contributed by atoms with van der Waals surface area (Å²) >= 11 is 4.41. The molecule has 2 rings (SSSR count). The van der Waals surface area contributed by atoms with Crippen LogP contribution in [0.5, 0.6) is 0 Å². The van der Waals surface area contributed by atoms with Crippen LogP contribution in [0.2, 0.25) is 0 Å². The van der Waals surface area contributed by atoms with Gasteiger partial charge in [0.25, 0.3) is 0 Å². The van der Waals surface area contributed by atoms with Crippen LogP contribution < -0.4 is 4.72 Å². The van der Waals surface area contributed by atoms with Crippen molar-refractivity contribution in [2.45, 2.75) is 36.8 Å². The molecule has 0 atom stereocenters. The molecular weight excluding hydrogens is 378 g/mol. The van der Waals surface area contributed by atoms with Gasteiger partial charge in [0.15, 0.2) is 5.82 Å². The fourth-order valence-corrected chi connectivity index (χ4v) is 4.56. The van der Waals surface area contributed by atoms with E-state index in [-0.39, 0.29) is 16.2 Å². The molecule has 0 bridgehead atoms. The Morgan fingerprint density at radius 2 is 2.10 bits per heavy atom. The molecule has 9 heteroatoms. The quantitative estimate of drug-likeness (QED) is 0.843. The van der Waals surface area contributed by atoms with Crippen molar-refractivity contribution >= 4 is 37.3 Å². The highest BCUT2D eigenvalue weighted by atomic mass is 79.9. The average Bonchev–Trinajstić information content (AvgIpc) is 2.97. The van der Waals surface area contributed by atoms with Gasteiger partial charge in [-0.05, 0) is 28.1 Å². The van der Waals surface area contributed by atoms with E-state index in [4.69, 9.17) is 4.52 Å². The molecule has 0 spiro atoms. The topological polar surface area (TPSA) is 85.1 Å². The van der Waals surface area contributed by atoms with Crippen LogP contribution in [0.1, 0.15) is 32.5 Å². The molecule has 2 aromatic heterocycles. The fraction of sp³-hybridized carbons (Fsp3) is 0.500. The molecule has 0 aliphatic carbocycles. The highest BCUT2D eigenvalue weighted by Crippen LogP contribution is 2.25. The normalized spacial score (nSPS) is 12.8.